The Kier molecular flexibility index (Phi) is 3.73. The third kappa shape index (κ3) is 2.69. The molecule has 5 heteroatoms. The van der Waals surface area contributed by atoms with Gasteiger partial charge in [-0.05, 0) is 36.4 Å². The SMILES string of the molecule is O=C(Nc1ccccc1-n1cccn1)c1cccc2sc3ccccc3c12. The molecule has 5 rings (SSSR count). The van der Waals surface area contributed by atoms with E-state index in [2.05, 4.69) is 28.6 Å². The number of hydrogen-bond donors (Lipinski definition) is 1. The number of anilines is 1. The third-order valence-corrected chi connectivity index (χ3v) is 5.69. The van der Waals surface area contributed by atoms with Crippen molar-refractivity contribution < 1.29 is 4.79 Å². The van der Waals surface area contributed by atoms with Gasteiger partial charge in [-0.1, -0.05) is 36.4 Å². The lowest BCUT2D eigenvalue weighted by atomic mass is 10.1. The van der Waals surface area contributed by atoms with Crippen molar-refractivity contribution in [2.45, 2.75) is 0 Å². The molecule has 5 aromatic rings. The topological polar surface area (TPSA) is 46.9 Å². The Hall–Kier alpha value is -3.44. The van der Waals surface area contributed by atoms with Gasteiger partial charge in [0.15, 0.2) is 0 Å². The van der Waals surface area contributed by atoms with Gasteiger partial charge in [-0.2, -0.15) is 5.10 Å². The minimum atomic E-state index is -0.122. The zero-order valence-electron chi connectivity index (χ0n) is 14.3. The second-order valence-corrected chi connectivity index (χ2v) is 7.28. The summed E-state index contributed by atoms with van der Waals surface area (Å²) in [6, 6.07) is 23.6. The number of carbonyl (C=O) groups is 1. The van der Waals surface area contributed by atoms with Gasteiger partial charge in [-0.25, -0.2) is 4.68 Å². The van der Waals surface area contributed by atoms with E-state index in [-0.39, 0.29) is 5.91 Å². The minimum Gasteiger partial charge on any atom is -0.320 e. The van der Waals surface area contributed by atoms with E-state index in [1.54, 1.807) is 22.2 Å². The number of carbonyl (C=O) groups excluding carboxylic acids is 1. The van der Waals surface area contributed by atoms with Crippen molar-refractivity contribution in [1.29, 1.82) is 0 Å². The summed E-state index contributed by atoms with van der Waals surface area (Å²) >= 11 is 1.71. The van der Waals surface area contributed by atoms with Crippen LogP contribution in [0.2, 0.25) is 0 Å². The maximum absolute atomic E-state index is 13.2. The average molecular weight is 369 g/mol. The average Bonchev–Trinajstić information content (AvgIpc) is 3.36. The first-order valence-corrected chi connectivity index (χ1v) is 9.43. The van der Waals surface area contributed by atoms with Crippen molar-refractivity contribution in [1.82, 2.24) is 9.78 Å². The summed E-state index contributed by atoms with van der Waals surface area (Å²) in [5.74, 6) is -0.122. The van der Waals surface area contributed by atoms with Crippen LogP contribution < -0.4 is 5.32 Å². The lowest BCUT2D eigenvalue weighted by Crippen LogP contribution is -2.14. The Morgan fingerprint density at radius 1 is 0.889 bits per heavy atom. The van der Waals surface area contributed by atoms with Gasteiger partial charge in [-0.15, -0.1) is 11.3 Å². The molecule has 0 unspecified atom stereocenters. The van der Waals surface area contributed by atoms with Crippen LogP contribution in [0.4, 0.5) is 5.69 Å². The molecule has 1 N–H and O–H groups in total. The predicted molar refractivity (Wildman–Crippen MR) is 111 cm³/mol. The monoisotopic (exact) mass is 369 g/mol. The number of aromatic nitrogens is 2. The summed E-state index contributed by atoms with van der Waals surface area (Å²) in [5.41, 5.74) is 2.24. The van der Waals surface area contributed by atoms with Crippen molar-refractivity contribution in [2.24, 2.45) is 0 Å². The summed E-state index contributed by atoms with van der Waals surface area (Å²) < 4.78 is 4.05. The number of amides is 1. The highest BCUT2D eigenvalue weighted by Crippen LogP contribution is 2.36. The minimum absolute atomic E-state index is 0.122. The van der Waals surface area contributed by atoms with Gasteiger partial charge in [0.05, 0.1) is 11.4 Å². The van der Waals surface area contributed by atoms with Gasteiger partial charge in [0.1, 0.15) is 0 Å². The first kappa shape index (κ1) is 15.8. The number of para-hydroxylation sites is 2. The smallest absolute Gasteiger partial charge is 0.256 e. The van der Waals surface area contributed by atoms with E-state index >= 15 is 0 Å². The summed E-state index contributed by atoms with van der Waals surface area (Å²) in [6.45, 7) is 0. The fourth-order valence-electron chi connectivity index (χ4n) is 3.34. The van der Waals surface area contributed by atoms with Crippen molar-refractivity contribution in [3.05, 3.63) is 90.8 Å². The Morgan fingerprint density at radius 3 is 2.59 bits per heavy atom. The molecule has 0 fully saturated rings. The largest absolute Gasteiger partial charge is 0.320 e. The number of hydrogen-bond acceptors (Lipinski definition) is 3. The summed E-state index contributed by atoms with van der Waals surface area (Å²) in [6.07, 6.45) is 3.58. The van der Waals surface area contributed by atoms with Crippen molar-refractivity contribution in [3.63, 3.8) is 0 Å². The first-order valence-electron chi connectivity index (χ1n) is 8.62. The van der Waals surface area contributed by atoms with E-state index in [1.165, 1.54) is 4.70 Å². The summed E-state index contributed by atoms with van der Waals surface area (Å²) in [4.78, 5) is 13.2. The lowest BCUT2D eigenvalue weighted by Gasteiger charge is -2.11. The fraction of sp³-hybridized carbons (Fsp3) is 0. The number of thiophene rings is 1. The molecule has 0 saturated carbocycles. The van der Waals surface area contributed by atoms with Gasteiger partial charge < -0.3 is 5.32 Å². The highest BCUT2D eigenvalue weighted by atomic mass is 32.1. The maximum Gasteiger partial charge on any atom is 0.256 e. The molecule has 3 aromatic carbocycles. The maximum atomic E-state index is 13.2. The van der Waals surface area contributed by atoms with Crippen LogP contribution in [0, 0.1) is 0 Å². The quantitative estimate of drug-likeness (QED) is 0.457. The van der Waals surface area contributed by atoms with E-state index in [9.17, 15) is 4.79 Å². The molecule has 2 aromatic heterocycles. The Morgan fingerprint density at radius 2 is 1.70 bits per heavy atom. The van der Waals surface area contributed by atoms with E-state index in [0.29, 0.717) is 5.56 Å². The van der Waals surface area contributed by atoms with E-state index in [4.69, 9.17) is 0 Å². The van der Waals surface area contributed by atoms with Crippen molar-refractivity contribution >= 4 is 43.1 Å². The number of nitrogens with one attached hydrogen (secondary N) is 1. The van der Waals surface area contributed by atoms with Crippen LogP contribution in [0.25, 0.3) is 25.9 Å². The third-order valence-electron chi connectivity index (χ3n) is 4.55. The van der Waals surface area contributed by atoms with Gasteiger partial charge in [0.25, 0.3) is 5.91 Å². The molecule has 0 radical (unpaired) electrons. The van der Waals surface area contributed by atoms with E-state index in [0.717, 1.165) is 26.8 Å². The lowest BCUT2D eigenvalue weighted by molar-refractivity contribution is 0.102. The Bertz CT molecular complexity index is 1270. The molecule has 0 aliphatic carbocycles. The second kappa shape index (κ2) is 6.37. The number of nitrogens with zero attached hydrogens (tertiary/aromatic N) is 2. The molecule has 0 saturated heterocycles. The van der Waals surface area contributed by atoms with Crippen LogP contribution in [0.1, 0.15) is 10.4 Å². The van der Waals surface area contributed by atoms with Gasteiger partial charge in [0.2, 0.25) is 0 Å². The molecular weight excluding hydrogens is 354 g/mol. The van der Waals surface area contributed by atoms with E-state index < -0.39 is 0 Å². The standard InChI is InChI=1S/C22H15N3OS/c26-22(24-17-9-2-3-10-18(17)25-14-6-13-23-25)16-8-5-12-20-21(16)15-7-1-4-11-19(15)27-20/h1-14H,(H,24,26). The molecule has 0 atom stereocenters. The highest BCUT2D eigenvalue weighted by Gasteiger charge is 2.16. The number of rotatable bonds is 3. The van der Waals surface area contributed by atoms with Gasteiger partial charge in [0, 0.05) is 38.1 Å². The Balaban J connectivity index is 1.60. The van der Waals surface area contributed by atoms with Gasteiger partial charge in [-0.3, -0.25) is 4.79 Å². The predicted octanol–water partition coefficient (Wildman–Crippen LogP) is 5.49. The molecule has 130 valence electrons. The molecule has 2 heterocycles. The van der Waals surface area contributed by atoms with Crippen molar-refractivity contribution in [2.75, 3.05) is 5.32 Å². The first-order chi connectivity index (χ1) is 13.3. The molecule has 0 aliphatic rings. The molecule has 4 nitrogen and oxygen atoms in total. The van der Waals surface area contributed by atoms with Crippen LogP contribution in [-0.4, -0.2) is 15.7 Å². The zero-order chi connectivity index (χ0) is 18.2. The van der Waals surface area contributed by atoms with Crippen LogP contribution in [0.3, 0.4) is 0 Å². The summed E-state index contributed by atoms with van der Waals surface area (Å²) in [5, 5.41) is 9.46. The Labute approximate surface area is 159 Å². The normalized spacial score (nSPS) is 11.1. The van der Waals surface area contributed by atoms with Gasteiger partial charge >= 0.3 is 0 Å². The molecule has 0 spiro atoms. The molecule has 1 amide bonds. The van der Waals surface area contributed by atoms with E-state index in [1.807, 2.05) is 60.8 Å². The zero-order valence-corrected chi connectivity index (χ0v) is 15.1. The number of fused-ring (bicyclic) bond motifs is 3. The van der Waals surface area contributed by atoms with Crippen LogP contribution in [0.15, 0.2) is 85.2 Å². The highest BCUT2D eigenvalue weighted by molar-refractivity contribution is 7.25. The molecule has 0 aliphatic heterocycles. The van der Waals surface area contributed by atoms with Crippen LogP contribution >= 0.6 is 11.3 Å². The molecule has 0 bridgehead atoms. The molecule has 27 heavy (non-hydrogen) atoms. The molecular formula is C22H15N3OS. The fourth-order valence-corrected chi connectivity index (χ4v) is 4.48. The van der Waals surface area contributed by atoms with Crippen LogP contribution in [-0.2, 0) is 0 Å². The number of benzene rings is 3. The van der Waals surface area contributed by atoms with Crippen LogP contribution in [0.5, 0.6) is 0 Å². The second-order valence-electron chi connectivity index (χ2n) is 6.20. The summed E-state index contributed by atoms with van der Waals surface area (Å²) in [7, 11) is 0. The van der Waals surface area contributed by atoms with Crippen molar-refractivity contribution in [3.8, 4) is 5.69 Å².